The van der Waals surface area contributed by atoms with Gasteiger partial charge in [-0.15, -0.1) is 0 Å². The summed E-state index contributed by atoms with van der Waals surface area (Å²) in [6.07, 6.45) is 4.78. The lowest BCUT2D eigenvalue weighted by Gasteiger charge is -2.29. The number of carbonyl (C=O) groups is 2. The molecule has 0 unspecified atom stereocenters. The van der Waals surface area contributed by atoms with E-state index >= 15 is 0 Å². The summed E-state index contributed by atoms with van der Waals surface area (Å²) in [5.74, 6) is 0.251. The third kappa shape index (κ3) is 2.65. The summed E-state index contributed by atoms with van der Waals surface area (Å²) in [5, 5.41) is 0. The lowest BCUT2D eigenvalue weighted by molar-refractivity contribution is -0.117. The summed E-state index contributed by atoms with van der Waals surface area (Å²) in [6.45, 7) is 7.59. The Hall–Kier alpha value is -1.18. The van der Waals surface area contributed by atoms with Crippen molar-refractivity contribution in [3.63, 3.8) is 0 Å². The van der Waals surface area contributed by atoms with Crippen molar-refractivity contribution in [3.8, 4) is 0 Å². The molecule has 0 saturated heterocycles. The highest BCUT2D eigenvalue weighted by Gasteiger charge is 2.27. The number of hydrogen-bond donors (Lipinski definition) is 0. The van der Waals surface area contributed by atoms with E-state index in [4.69, 9.17) is 0 Å². The molecule has 0 fully saturated rings. The Kier molecular flexibility index (Phi) is 3.28. The van der Waals surface area contributed by atoms with E-state index in [1.807, 2.05) is 13.0 Å². The zero-order valence-electron chi connectivity index (χ0n) is 9.89. The topological polar surface area (TPSA) is 34.1 Å². The summed E-state index contributed by atoms with van der Waals surface area (Å²) in [7, 11) is 0. The fraction of sp³-hybridized carbons (Fsp3) is 0.538. The first-order valence-corrected chi connectivity index (χ1v) is 5.28. The van der Waals surface area contributed by atoms with Crippen LogP contribution < -0.4 is 0 Å². The highest BCUT2D eigenvalue weighted by Crippen LogP contribution is 2.36. The predicted molar refractivity (Wildman–Crippen MR) is 60.5 cm³/mol. The molecule has 0 aromatic rings. The molecule has 2 heteroatoms. The summed E-state index contributed by atoms with van der Waals surface area (Å²) >= 11 is 0. The van der Waals surface area contributed by atoms with Gasteiger partial charge in [0.15, 0.2) is 5.78 Å². The van der Waals surface area contributed by atoms with Crippen LogP contribution in [0, 0.1) is 5.41 Å². The lowest BCUT2D eigenvalue weighted by atomic mass is 9.75. The number of rotatable bonds is 3. The molecule has 0 aliphatic heterocycles. The second-order valence-electron chi connectivity index (χ2n) is 4.72. The predicted octanol–water partition coefficient (Wildman–Crippen LogP) is 2.84. The maximum absolute atomic E-state index is 11.5. The normalized spacial score (nSPS) is 19.6. The molecule has 0 saturated carbocycles. The Balaban J connectivity index is 2.94. The van der Waals surface area contributed by atoms with Crippen molar-refractivity contribution in [2.24, 2.45) is 5.41 Å². The summed E-state index contributed by atoms with van der Waals surface area (Å²) in [5.41, 5.74) is 1.82. The van der Waals surface area contributed by atoms with Gasteiger partial charge in [-0.1, -0.05) is 25.5 Å². The van der Waals surface area contributed by atoms with Gasteiger partial charge in [-0.25, -0.2) is 0 Å². The molecule has 0 radical (unpaired) electrons. The van der Waals surface area contributed by atoms with E-state index in [1.165, 1.54) is 0 Å². The van der Waals surface area contributed by atoms with Crippen molar-refractivity contribution < 1.29 is 9.59 Å². The van der Waals surface area contributed by atoms with Gasteiger partial charge in [0.2, 0.25) is 0 Å². The Labute approximate surface area is 91.1 Å². The Morgan fingerprint density at radius 2 is 2.00 bits per heavy atom. The zero-order chi connectivity index (χ0) is 11.6. The third-order valence-electron chi connectivity index (χ3n) is 2.98. The van der Waals surface area contributed by atoms with Gasteiger partial charge in [0.1, 0.15) is 5.78 Å². The Morgan fingerprint density at radius 3 is 2.53 bits per heavy atom. The minimum atomic E-state index is -0.0898. The largest absolute Gasteiger partial charge is 0.300 e. The van der Waals surface area contributed by atoms with Crippen LogP contribution >= 0.6 is 0 Å². The molecule has 1 rings (SSSR count). The number of allylic oxidation sites excluding steroid dienone is 4. The molecule has 0 aromatic carbocycles. The van der Waals surface area contributed by atoms with E-state index in [9.17, 15) is 9.59 Å². The minimum absolute atomic E-state index is 0.0767. The lowest BCUT2D eigenvalue weighted by Crippen LogP contribution is -2.21. The van der Waals surface area contributed by atoms with Crippen molar-refractivity contribution in [2.75, 3.05) is 0 Å². The van der Waals surface area contributed by atoms with Crippen LogP contribution in [0.2, 0.25) is 0 Å². The monoisotopic (exact) mass is 206 g/mol. The second-order valence-corrected chi connectivity index (χ2v) is 4.72. The minimum Gasteiger partial charge on any atom is -0.300 e. The van der Waals surface area contributed by atoms with E-state index in [1.54, 1.807) is 13.0 Å². The Bertz CT molecular complexity index is 357. The van der Waals surface area contributed by atoms with Crippen LogP contribution in [-0.2, 0) is 9.59 Å². The van der Waals surface area contributed by atoms with Crippen molar-refractivity contribution in [2.45, 2.75) is 40.5 Å². The molecule has 82 valence electrons. The molecule has 0 aromatic heterocycles. The number of Topliss-reactive ketones (excluding diaryl/α,β-unsaturated/α-hetero) is 1. The first-order valence-electron chi connectivity index (χ1n) is 5.28. The first kappa shape index (κ1) is 11.9. The average Bonchev–Trinajstić information content (AvgIpc) is 2.11. The van der Waals surface area contributed by atoms with Gasteiger partial charge in [-0.05, 0) is 31.9 Å². The van der Waals surface area contributed by atoms with Gasteiger partial charge in [0.25, 0.3) is 0 Å². The molecule has 1 aliphatic carbocycles. The molecule has 1 aliphatic rings. The van der Waals surface area contributed by atoms with Gasteiger partial charge >= 0.3 is 0 Å². The van der Waals surface area contributed by atoms with Gasteiger partial charge in [-0.3, -0.25) is 4.79 Å². The summed E-state index contributed by atoms with van der Waals surface area (Å²) in [4.78, 5) is 22.5. The summed E-state index contributed by atoms with van der Waals surface area (Å²) in [6, 6.07) is 0. The van der Waals surface area contributed by atoms with Crippen molar-refractivity contribution in [3.05, 3.63) is 23.3 Å². The third-order valence-corrected chi connectivity index (χ3v) is 2.98. The average molecular weight is 206 g/mol. The van der Waals surface area contributed by atoms with E-state index in [2.05, 4.69) is 13.8 Å². The maximum Gasteiger partial charge on any atom is 0.181 e. The number of ketones is 2. The molecule has 2 nitrogen and oxygen atoms in total. The molecule has 0 spiro atoms. The quantitative estimate of drug-likeness (QED) is 0.711. The fourth-order valence-corrected chi connectivity index (χ4v) is 1.95. The molecule has 0 bridgehead atoms. The maximum atomic E-state index is 11.5. The van der Waals surface area contributed by atoms with E-state index in [0.29, 0.717) is 12.8 Å². The van der Waals surface area contributed by atoms with Crippen LogP contribution in [0.3, 0.4) is 0 Å². The number of carbonyl (C=O) groups excluding carboxylic acids is 2. The van der Waals surface area contributed by atoms with Crippen LogP contribution in [0.5, 0.6) is 0 Å². The summed E-state index contributed by atoms with van der Waals surface area (Å²) < 4.78 is 0. The molecular weight excluding hydrogens is 188 g/mol. The van der Waals surface area contributed by atoms with Crippen molar-refractivity contribution in [1.82, 2.24) is 0 Å². The first-order chi connectivity index (χ1) is 6.84. The second kappa shape index (κ2) is 4.13. The van der Waals surface area contributed by atoms with Gasteiger partial charge in [-0.2, -0.15) is 0 Å². The smallest absolute Gasteiger partial charge is 0.181 e. The van der Waals surface area contributed by atoms with Gasteiger partial charge in [0, 0.05) is 11.8 Å². The molecule has 15 heavy (non-hydrogen) atoms. The zero-order valence-corrected chi connectivity index (χ0v) is 9.89. The van der Waals surface area contributed by atoms with E-state index < -0.39 is 0 Å². The van der Waals surface area contributed by atoms with Crippen LogP contribution in [-0.4, -0.2) is 11.6 Å². The van der Waals surface area contributed by atoms with Gasteiger partial charge < -0.3 is 4.79 Å². The van der Waals surface area contributed by atoms with Crippen molar-refractivity contribution in [1.29, 1.82) is 0 Å². The Morgan fingerprint density at radius 1 is 1.40 bits per heavy atom. The van der Waals surface area contributed by atoms with E-state index in [-0.39, 0.29) is 17.0 Å². The molecule has 0 heterocycles. The van der Waals surface area contributed by atoms with Crippen LogP contribution in [0.4, 0.5) is 0 Å². The molecular formula is C13H18O2. The highest BCUT2D eigenvalue weighted by molar-refractivity contribution is 6.05. The van der Waals surface area contributed by atoms with Gasteiger partial charge in [0.05, 0.1) is 0 Å². The van der Waals surface area contributed by atoms with Crippen LogP contribution in [0.15, 0.2) is 23.3 Å². The van der Waals surface area contributed by atoms with E-state index in [0.717, 1.165) is 11.1 Å². The standard InChI is InChI=1S/C13H18O2/c1-9(14)5-6-11-10(2)12(15)7-8-13(11,3)4/h7-8H,5-6H2,1-4H3. The van der Waals surface area contributed by atoms with Crippen LogP contribution in [0.1, 0.15) is 40.5 Å². The number of hydrogen-bond acceptors (Lipinski definition) is 2. The SMILES string of the molecule is CC(=O)CCC1=C(C)C(=O)C=CC1(C)C. The molecule has 0 amide bonds. The molecule has 0 N–H and O–H groups in total. The highest BCUT2D eigenvalue weighted by atomic mass is 16.1. The fourth-order valence-electron chi connectivity index (χ4n) is 1.95. The van der Waals surface area contributed by atoms with Crippen LogP contribution in [0.25, 0.3) is 0 Å². The van der Waals surface area contributed by atoms with Crippen molar-refractivity contribution >= 4 is 11.6 Å². The molecule has 0 atom stereocenters.